The largest absolute Gasteiger partial charge is 0.364 e. The van der Waals surface area contributed by atoms with Gasteiger partial charge in [0, 0.05) is 18.7 Å². The predicted octanol–water partition coefficient (Wildman–Crippen LogP) is -0.319. The molecule has 5 heteroatoms. The SMILES string of the molecule is CC(N)CNC(=O)Cc1ccon1. The fraction of sp³-hybridized carbons (Fsp3) is 0.500. The van der Waals surface area contributed by atoms with Gasteiger partial charge >= 0.3 is 0 Å². The number of nitrogens with two attached hydrogens (primary N) is 1. The molecule has 0 fully saturated rings. The molecule has 0 aliphatic heterocycles. The number of hydrogen-bond donors (Lipinski definition) is 2. The zero-order chi connectivity index (χ0) is 9.68. The van der Waals surface area contributed by atoms with Crippen LogP contribution in [-0.4, -0.2) is 23.7 Å². The van der Waals surface area contributed by atoms with Crippen molar-refractivity contribution >= 4 is 5.91 Å². The predicted molar refractivity (Wildman–Crippen MR) is 46.9 cm³/mol. The zero-order valence-electron chi connectivity index (χ0n) is 7.49. The molecule has 0 aromatic carbocycles. The van der Waals surface area contributed by atoms with Crippen LogP contribution in [0.4, 0.5) is 0 Å². The molecule has 0 radical (unpaired) electrons. The van der Waals surface area contributed by atoms with Crippen LogP contribution in [0, 0.1) is 0 Å². The lowest BCUT2D eigenvalue weighted by Gasteiger charge is -2.05. The lowest BCUT2D eigenvalue weighted by atomic mass is 10.3. The number of carbonyl (C=O) groups is 1. The summed E-state index contributed by atoms with van der Waals surface area (Å²) in [4.78, 5) is 11.2. The van der Waals surface area contributed by atoms with E-state index in [0.717, 1.165) is 0 Å². The Morgan fingerprint density at radius 2 is 2.62 bits per heavy atom. The number of aromatic nitrogens is 1. The molecule has 1 heterocycles. The summed E-state index contributed by atoms with van der Waals surface area (Å²) in [6.07, 6.45) is 1.68. The monoisotopic (exact) mass is 183 g/mol. The van der Waals surface area contributed by atoms with Gasteiger partial charge in [-0.15, -0.1) is 0 Å². The van der Waals surface area contributed by atoms with E-state index in [2.05, 4.69) is 15.0 Å². The average Bonchev–Trinajstić information content (AvgIpc) is 2.53. The van der Waals surface area contributed by atoms with E-state index in [4.69, 9.17) is 5.73 Å². The first-order chi connectivity index (χ1) is 6.18. The first-order valence-electron chi connectivity index (χ1n) is 4.10. The van der Waals surface area contributed by atoms with Crippen LogP contribution in [0.1, 0.15) is 12.6 Å². The molecule has 1 amide bonds. The van der Waals surface area contributed by atoms with Gasteiger partial charge in [0.25, 0.3) is 0 Å². The highest BCUT2D eigenvalue weighted by molar-refractivity contribution is 5.77. The van der Waals surface area contributed by atoms with Crippen molar-refractivity contribution in [3.8, 4) is 0 Å². The van der Waals surface area contributed by atoms with E-state index in [-0.39, 0.29) is 18.4 Å². The second-order valence-electron chi connectivity index (χ2n) is 2.95. The summed E-state index contributed by atoms with van der Waals surface area (Å²) < 4.78 is 4.59. The standard InChI is InChI=1S/C8H13N3O2/c1-6(9)5-10-8(12)4-7-2-3-13-11-7/h2-3,6H,4-5,9H2,1H3,(H,10,12). The van der Waals surface area contributed by atoms with E-state index < -0.39 is 0 Å². The van der Waals surface area contributed by atoms with Crippen LogP contribution in [0.5, 0.6) is 0 Å². The van der Waals surface area contributed by atoms with Crippen molar-refractivity contribution in [3.63, 3.8) is 0 Å². The van der Waals surface area contributed by atoms with Crippen molar-refractivity contribution in [2.24, 2.45) is 5.73 Å². The Hall–Kier alpha value is -1.36. The Bertz CT molecular complexity index is 256. The summed E-state index contributed by atoms with van der Waals surface area (Å²) in [5.74, 6) is -0.0915. The van der Waals surface area contributed by atoms with Crippen molar-refractivity contribution in [3.05, 3.63) is 18.0 Å². The van der Waals surface area contributed by atoms with Crippen LogP contribution in [-0.2, 0) is 11.2 Å². The van der Waals surface area contributed by atoms with Gasteiger partial charge in [0.05, 0.1) is 12.1 Å². The first kappa shape index (κ1) is 9.73. The Morgan fingerprint density at radius 1 is 1.85 bits per heavy atom. The van der Waals surface area contributed by atoms with Gasteiger partial charge < -0.3 is 15.6 Å². The van der Waals surface area contributed by atoms with Gasteiger partial charge in [-0.2, -0.15) is 0 Å². The normalized spacial score (nSPS) is 12.5. The third-order valence-corrected chi connectivity index (χ3v) is 1.45. The van der Waals surface area contributed by atoms with Crippen LogP contribution >= 0.6 is 0 Å². The van der Waals surface area contributed by atoms with Crippen molar-refractivity contribution in [2.75, 3.05) is 6.54 Å². The van der Waals surface area contributed by atoms with Crippen LogP contribution < -0.4 is 11.1 Å². The Balaban J connectivity index is 2.26. The average molecular weight is 183 g/mol. The third kappa shape index (κ3) is 3.71. The summed E-state index contributed by atoms with van der Waals surface area (Å²) in [6.45, 7) is 2.31. The molecule has 0 aliphatic carbocycles. The second-order valence-corrected chi connectivity index (χ2v) is 2.95. The number of amides is 1. The molecule has 0 aliphatic rings. The molecule has 1 rings (SSSR count). The number of hydrogen-bond acceptors (Lipinski definition) is 4. The van der Waals surface area contributed by atoms with Gasteiger partial charge in [-0.25, -0.2) is 0 Å². The number of nitrogens with one attached hydrogen (secondary N) is 1. The highest BCUT2D eigenvalue weighted by atomic mass is 16.5. The number of nitrogens with zero attached hydrogens (tertiary/aromatic N) is 1. The van der Waals surface area contributed by atoms with Gasteiger partial charge in [-0.3, -0.25) is 4.79 Å². The van der Waals surface area contributed by atoms with E-state index >= 15 is 0 Å². The fourth-order valence-electron chi connectivity index (χ4n) is 0.831. The van der Waals surface area contributed by atoms with E-state index in [1.165, 1.54) is 6.26 Å². The smallest absolute Gasteiger partial charge is 0.226 e. The van der Waals surface area contributed by atoms with Gasteiger partial charge in [0.1, 0.15) is 6.26 Å². The summed E-state index contributed by atoms with van der Waals surface area (Å²) in [6, 6.07) is 1.63. The van der Waals surface area contributed by atoms with Crippen molar-refractivity contribution in [1.29, 1.82) is 0 Å². The third-order valence-electron chi connectivity index (χ3n) is 1.45. The summed E-state index contributed by atoms with van der Waals surface area (Å²) in [5, 5.41) is 6.29. The van der Waals surface area contributed by atoms with E-state index in [1.54, 1.807) is 6.07 Å². The minimum absolute atomic E-state index is 0.0266. The molecule has 0 saturated carbocycles. The maximum atomic E-state index is 11.2. The lowest BCUT2D eigenvalue weighted by Crippen LogP contribution is -2.35. The minimum Gasteiger partial charge on any atom is -0.364 e. The van der Waals surface area contributed by atoms with Crippen LogP contribution in [0.25, 0.3) is 0 Å². The van der Waals surface area contributed by atoms with Gasteiger partial charge in [0.15, 0.2) is 0 Å². The maximum absolute atomic E-state index is 11.2. The molecule has 1 atom stereocenters. The molecule has 5 nitrogen and oxygen atoms in total. The number of rotatable bonds is 4. The van der Waals surface area contributed by atoms with E-state index in [9.17, 15) is 4.79 Å². The molecular formula is C8H13N3O2. The Kier molecular flexibility index (Phi) is 3.45. The molecule has 0 spiro atoms. The Labute approximate surface area is 76.3 Å². The summed E-state index contributed by atoms with van der Waals surface area (Å²) in [5.41, 5.74) is 6.09. The van der Waals surface area contributed by atoms with Gasteiger partial charge in [-0.1, -0.05) is 5.16 Å². The van der Waals surface area contributed by atoms with E-state index in [0.29, 0.717) is 12.2 Å². The molecule has 72 valence electrons. The van der Waals surface area contributed by atoms with Crippen LogP contribution in [0.3, 0.4) is 0 Å². The van der Waals surface area contributed by atoms with Gasteiger partial charge in [0.2, 0.25) is 5.91 Å². The highest BCUT2D eigenvalue weighted by Crippen LogP contribution is 1.94. The van der Waals surface area contributed by atoms with Crippen molar-refractivity contribution in [1.82, 2.24) is 10.5 Å². The molecule has 13 heavy (non-hydrogen) atoms. The van der Waals surface area contributed by atoms with Crippen LogP contribution in [0.2, 0.25) is 0 Å². The topological polar surface area (TPSA) is 81.1 Å². The summed E-state index contributed by atoms with van der Waals surface area (Å²) >= 11 is 0. The minimum atomic E-state index is -0.0915. The summed E-state index contributed by atoms with van der Waals surface area (Å²) in [7, 11) is 0. The number of carbonyl (C=O) groups excluding carboxylic acids is 1. The molecule has 0 saturated heterocycles. The second kappa shape index (κ2) is 4.61. The van der Waals surface area contributed by atoms with Crippen molar-refractivity contribution in [2.45, 2.75) is 19.4 Å². The molecule has 1 aromatic heterocycles. The van der Waals surface area contributed by atoms with E-state index in [1.807, 2.05) is 6.92 Å². The first-order valence-corrected chi connectivity index (χ1v) is 4.10. The fourth-order valence-corrected chi connectivity index (χ4v) is 0.831. The highest BCUT2D eigenvalue weighted by Gasteiger charge is 2.05. The molecule has 1 aromatic rings. The van der Waals surface area contributed by atoms with Gasteiger partial charge in [-0.05, 0) is 6.92 Å². The Morgan fingerprint density at radius 3 is 3.15 bits per heavy atom. The molecule has 3 N–H and O–H groups in total. The van der Waals surface area contributed by atoms with Crippen molar-refractivity contribution < 1.29 is 9.32 Å². The van der Waals surface area contributed by atoms with Crippen LogP contribution in [0.15, 0.2) is 16.9 Å². The molecular weight excluding hydrogens is 170 g/mol. The quantitative estimate of drug-likeness (QED) is 0.670. The zero-order valence-corrected chi connectivity index (χ0v) is 7.49. The lowest BCUT2D eigenvalue weighted by molar-refractivity contribution is -0.120. The molecule has 0 bridgehead atoms. The maximum Gasteiger partial charge on any atom is 0.226 e. The molecule has 1 unspecified atom stereocenters.